The van der Waals surface area contributed by atoms with Gasteiger partial charge in [0.05, 0.1) is 5.71 Å². The van der Waals surface area contributed by atoms with E-state index in [0.717, 1.165) is 29.7 Å². The van der Waals surface area contributed by atoms with E-state index in [9.17, 15) is 0 Å². The van der Waals surface area contributed by atoms with Crippen molar-refractivity contribution < 1.29 is 0 Å². The third kappa shape index (κ3) is 2.33. The summed E-state index contributed by atoms with van der Waals surface area (Å²) in [5.41, 5.74) is 8.05. The van der Waals surface area contributed by atoms with Crippen LogP contribution in [0.25, 0.3) is 5.57 Å². The monoisotopic (exact) mass is 267 g/mol. The Morgan fingerprint density at radius 1 is 1.12 bits per heavy atom. The van der Waals surface area contributed by atoms with Gasteiger partial charge in [-0.05, 0) is 36.1 Å². The van der Waals surface area contributed by atoms with Crippen molar-refractivity contribution >= 4 is 34.5 Å². The second kappa shape index (κ2) is 5.11. The largest absolute Gasteiger partial charge is 0.161 e. The fourth-order valence-electron chi connectivity index (χ4n) is 1.93. The van der Waals surface area contributed by atoms with Gasteiger partial charge in [0, 0.05) is 10.6 Å². The van der Waals surface area contributed by atoms with E-state index in [2.05, 4.69) is 17.5 Å². The molecule has 0 saturated heterocycles. The van der Waals surface area contributed by atoms with E-state index in [0.29, 0.717) is 10.2 Å². The Balaban J connectivity index is 2.57. The molecule has 17 heavy (non-hydrogen) atoms. The molecule has 0 N–H and O–H groups in total. The van der Waals surface area contributed by atoms with Gasteiger partial charge < -0.3 is 0 Å². The van der Waals surface area contributed by atoms with Crippen molar-refractivity contribution in [2.75, 3.05) is 0 Å². The molecule has 0 fully saturated rings. The van der Waals surface area contributed by atoms with Crippen LogP contribution in [0, 0.1) is 0 Å². The van der Waals surface area contributed by atoms with Gasteiger partial charge in [-0.25, -0.2) is 0 Å². The van der Waals surface area contributed by atoms with Crippen LogP contribution in [0.15, 0.2) is 28.5 Å². The predicted molar refractivity (Wildman–Crippen MR) is 73.5 cm³/mol. The van der Waals surface area contributed by atoms with Crippen LogP contribution >= 0.6 is 23.2 Å². The Bertz CT molecular complexity index is 504. The second-order valence-electron chi connectivity index (χ2n) is 3.82. The van der Waals surface area contributed by atoms with Crippen molar-refractivity contribution in [3.63, 3.8) is 0 Å². The fraction of sp³-hybridized carbons (Fsp3) is 0.308. The zero-order valence-corrected chi connectivity index (χ0v) is 11.3. The molecule has 1 aromatic rings. The van der Waals surface area contributed by atoms with Crippen molar-refractivity contribution in [1.82, 2.24) is 5.43 Å². The first kappa shape index (κ1) is 12.5. The highest BCUT2D eigenvalue weighted by molar-refractivity contribution is 6.41. The topological polar surface area (TPSA) is 26.5 Å². The van der Waals surface area contributed by atoms with Crippen molar-refractivity contribution in [2.45, 2.75) is 26.7 Å². The predicted octanol–water partition coefficient (Wildman–Crippen LogP) is 4.19. The summed E-state index contributed by atoms with van der Waals surface area (Å²) in [6.45, 7) is 4.15. The molecule has 0 bridgehead atoms. The molecule has 0 unspecified atom stereocenters. The average Bonchev–Trinajstić information content (AvgIpc) is 2.70. The molecule has 4 heteroatoms. The highest BCUT2D eigenvalue weighted by atomic mass is 35.5. The quantitative estimate of drug-likeness (QED) is 0.735. The van der Waals surface area contributed by atoms with Gasteiger partial charge in [-0.15, -0.1) is 5.43 Å². The van der Waals surface area contributed by atoms with Crippen molar-refractivity contribution in [1.29, 1.82) is 0 Å². The van der Waals surface area contributed by atoms with Gasteiger partial charge >= 0.3 is 0 Å². The minimum Gasteiger partial charge on any atom is -0.153 e. The molecule has 0 saturated carbocycles. The maximum absolute atomic E-state index is 6.12. The van der Waals surface area contributed by atoms with Crippen molar-refractivity contribution in [3.05, 3.63) is 39.5 Å². The van der Waals surface area contributed by atoms with Gasteiger partial charge in [-0.3, -0.25) is 0 Å². The molecule has 89 valence electrons. The lowest BCUT2D eigenvalue weighted by Crippen LogP contribution is -2.01. The lowest BCUT2D eigenvalue weighted by atomic mass is 9.95. The third-order valence-corrected chi connectivity index (χ3v) is 3.31. The Morgan fingerprint density at radius 3 is 2.53 bits per heavy atom. The number of aryl methyl sites for hydroxylation is 1. The molecular formula is C13H13Cl2N2. The number of halogens is 2. The van der Waals surface area contributed by atoms with Gasteiger partial charge in [0.15, 0.2) is 5.16 Å². The normalized spacial score (nSPS) is 14.9. The van der Waals surface area contributed by atoms with E-state index < -0.39 is 0 Å². The van der Waals surface area contributed by atoms with Crippen LogP contribution in [0.3, 0.4) is 0 Å². The number of allylic oxidation sites excluding steroid dienone is 1. The molecule has 0 atom stereocenters. The standard InChI is InChI=1S/C13H13Cl2N2/c1-3-8-5-6-9(14)7-10(8)12-11(4-2)16-17-13(12)15/h5-7H,3-4H2,1-2H3. The van der Waals surface area contributed by atoms with Crippen LogP contribution < -0.4 is 5.43 Å². The fourth-order valence-corrected chi connectivity index (χ4v) is 2.35. The van der Waals surface area contributed by atoms with Crippen LogP contribution in [0.4, 0.5) is 0 Å². The van der Waals surface area contributed by atoms with Crippen molar-refractivity contribution in [2.24, 2.45) is 5.10 Å². The van der Waals surface area contributed by atoms with Gasteiger partial charge in [0.25, 0.3) is 0 Å². The highest BCUT2D eigenvalue weighted by Gasteiger charge is 2.22. The zero-order chi connectivity index (χ0) is 12.4. The van der Waals surface area contributed by atoms with Gasteiger partial charge in [0.2, 0.25) is 0 Å². The Hall–Kier alpha value is -0.990. The second-order valence-corrected chi connectivity index (χ2v) is 4.62. The first-order chi connectivity index (χ1) is 8.17. The minimum atomic E-state index is 0.457. The summed E-state index contributed by atoms with van der Waals surface area (Å²) < 4.78 is 0. The van der Waals surface area contributed by atoms with E-state index >= 15 is 0 Å². The van der Waals surface area contributed by atoms with E-state index in [1.54, 1.807) is 0 Å². The molecule has 1 aromatic carbocycles. The summed E-state index contributed by atoms with van der Waals surface area (Å²) in [4.78, 5) is 0. The third-order valence-electron chi connectivity index (χ3n) is 2.81. The van der Waals surface area contributed by atoms with Crippen LogP contribution in [0.2, 0.25) is 5.02 Å². The Labute approximate surface area is 111 Å². The first-order valence-electron chi connectivity index (χ1n) is 5.63. The van der Waals surface area contributed by atoms with Gasteiger partial charge in [0.1, 0.15) is 0 Å². The summed E-state index contributed by atoms with van der Waals surface area (Å²) in [6, 6.07) is 5.86. The molecule has 1 aliphatic heterocycles. The Kier molecular flexibility index (Phi) is 3.75. The summed E-state index contributed by atoms with van der Waals surface area (Å²) in [5, 5.41) is 5.25. The van der Waals surface area contributed by atoms with Crippen molar-refractivity contribution in [3.8, 4) is 0 Å². The summed E-state index contributed by atoms with van der Waals surface area (Å²) >= 11 is 12.2. The SMILES string of the molecule is CCC1=N[N]C(Cl)=C1c1cc(Cl)ccc1CC. The molecule has 1 radical (unpaired) electrons. The molecule has 0 aromatic heterocycles. The maximum Gasteiger partial charge on any atom is 0.161 e. The number of benzene rings is 1. The average molecular weight is 268 g/mol. The minimum absolute atomic E-state index is 0.457. The molecule has 1 aliphatic rings. The number of hydrogen-bond donors (Lipinski definition) is 0. The van der Waals surface area contributed by atoms with E-state index in [4.69, 9.17) is 23.2 Å². The highest BCUT2D eigenvalue weighted by Crippen LogP contribution is 2.32. The number of rotatable bonds is 3. The molecule has 0 aliphatic carbocycles. The van der Waals surface area contributed by atoms with E-state index in [1.807, 2.05) is 25.1 Å². The molecular weight excluding hydrogens is 255 g/mol. The number of nitrogens with zero attached hydrogens (tertiary/aromatic N) is 2. The van der Waals surface area contributed by atoms with Crippen LogP contribution in [-0.2, 0) is 6.42 Å². The molecule has 2 rings (SSSR count). The summed E-state index contributed by atoms with van der Waals surface area (Å²) in [5.74, 6) is 0. The first-order valence-corrected chi connectivity index (χ1v) is 6.39. The zero-order valence-electron chi connectivity index (χ0n) is 9.80. The lowest BCUT2D eigenvalue weighted by Gasteiger charge is -2.10. The molecule has 2 nitrogen and oxygen atoms in total. The summed E-state index contributed by atoms with van der Waals surface area (Å²) in [6.07, 6.45) is 1.74. The van der Waals surface area contributed by atoms with E-state index in [1.165, 1.54) is 5.56 Å². The summed E-state index contributed by atoms with van der Waals surface area (Å²) in [7, 11) is 0. The van der Waals surface area contributed by atoms with Gasteiger partial charge in [-0.2, -0.15) is 5.10 Å². The van der Waals surface area contributed by atoms with Crippen LogP contribution in [-0.4, -0.2) is 5.71 Å². The van der Waals surface area contributed by atoms with E-state index in [-0.39, 0.29) is 0 Å². The molecule has 1 heterocycles. The van der Waals surface area contributed by atoms with Crippen LogP contribution in [0.5, 0.6) is 0 Å². The molecule has 0 spiro atoms. The van der Waals surface area contributed by atoms with Gasteiger partial charge in [-0.1, -0.05) is 43.1 Å². The maximum atomic E-state index is 6.12. The smallest absolute Gasteiger partial charge is 0.153 e. The number of hydrogen-bond acceptors (Lipinski definition) is 1. The lowest BCUT2D eigenvalue weighted by molar-refractivity contribution is 0.945. The van der Waals surface area contributed by atoms with Crippen LogP contribution in [0.1, 0.15) is 31.4 Å². The molecule has 0 amide bonds. The Morgan fingerprint density at radius 2 is 1.88 bits per heavy atom.